The van der Waals surface area contributed by atoms with Gasteiger partial charge in [-0.25, -0.2) is 0 Å². The number of rotatable bonds is 4. The molecule has 1 aromatic rings. The van der Waals surface area contributed by atoms with Gasteiger partial charge >= 0.3 is 0 Å². The van der Waals surface area contributed by atoms with Crippen molar-refractivity contribution in [2.45, 2.75) is 19.4 Å². The topological polar surface area (TPSA) is 79.4 Å². The Labute approximate surface area is 63.7 Å². The van der Waals surface area contributed by atoms with Crippen molar-refractivity contribution in [3.8, 4) is 0 Å². The van der Waals surface area contributed by atoms with Crippen LogP contribution in [-0.2, 0) is 13.0 Å². The number of hydrogen-bond donors (Lipinski definition) is 2. The predicted molar refractivity (Wildman–Crippen MR) is 35.6 cm³/mol. The molecule has 11 heavy (non-hydrogen) atoms. The molecule has 0 atom stereocenters. The van der Waals surface area contributed by atoms with Crippen molar-refractivity contribution in [2.24, 2.45) is 0 Å². The summed E-state index contributed by atoms with van der Waals surface area (Å²) in [5, 5.41) is 20.5. The molecule has 0 aliphatic rings. The lowest BCUT2D eigenvalue weighted by molar-refractivity contribution is 0.261. The average Bonchev–Trinajstić information content (AvgIpc) is 2.48. The number of nitrogens with zero attached hydrogens (tertiary/aromatic N) is 2. The van der Waals surface area contributed by atoms with Gasteiger partial charge in [0.1, 0.15) is 6.61 Å². The van der Waals surface area contributed by atoms with Gasteiger partial charge in [-0.05, 0) is 6.42 Å². The molecule has 5 nitrogen and oxygen atoms in total. The molecule has 0 radical (unpaired) electrons. The molecule has 0 saturated heterocycles. The molecule has 0 aliphatic carbocycles. The average molecular weight is 158 g/mol. The van der Waals surface area contributed by atoms with Crippen LogP contribution in [0.25, 0.3) is 0 Å². The van der Waals surface area contributed by atoms with Gasteiger partial charge in [-0.15, -0.1) is 0 Å². The van der Waals surface area contributed by atoms with Crippen LogP contribution in [0.15, 0.2) is 4.52 Å². The Balaban J connectivity index is 2.44. The SMILES string of the molecule is OCCCc1nc(CO)no1. The van der Waals surface area contributed by atoms with Crippen LogP contribution in [0.5, 0.6) is 0 Å². The van der Waals surface area contributed by atoms with Crippen LogP contribution < -0.4 is 0 Å². The summed E-state index contributed by atoms with van der Waals surface area (Å²) in [4.78, 5) is 3.83. The summed E-state index contributed by atoms with van der Waals surface area (Å²) in [6, 6.07) is 0. The number of hydrogen-bond acceptors (Lipinski definition) is 5. The molecule has 1 heterocycles. The Kier molecular flexibility index (Phi) is 3.00. The van der Waals surface area contributed by atoms with Crippen molar-refractivity contribution in [3.05, 3.63) is 11.7 Å². The molecule has 0 aromatic carbocycles. The van der Waals surface area contributed by atoms with Crippen LogP contribution in [0.1, 0.15) is 18.1 Å². The summed E-state index contributed by atoms with van der Waals surface area (Å²) in [7, 11) is 0. The molecule has 2 N–H and O–H groups in total. The van der Waals surface area contributed by atoms with Gasteiger partial charge in [-0.1, -0.05) is 5.16 Å². The van der Waals surface area contributed by atoms with Crippen molar-refractivity contribution in [1.82, 2.24) is 10.1 Å². The first-order valence-corrected chi connectivity index (χ1v) is 3.40. The molecule has 0 bridgehead atoms. The molecule has 0 fully saturated rings. The summed E-state index contributed by atoms with van der Waals surface area (Å²) in [6.45, 7) is -0.0978. The first-order valence-electron chi connectivity index (χ1n) is 3.40. The molecular weight excluding hydrogens is 148 g/mol. The van der Waals surface area contributed by atoms with Crippen LogP contribution in [0.4, 0.5) is 0 Å². The molecular formula is C6H10N2O3. The maximum Gasteiger partial charge on any atom is 0.226 e. The molecule has 5 heteroatoms. The lowest BCUT2D eigenvalue weighted by Crippen LogP contribution is -1.90. The zero-order valence-electron chi connectivity index (χ0n) is 6.03. The highest BCUT2D eigenvalue weighted by Crippen LogP contribution is 1.99. The fourth-order valence-electron chi connectivity index (χ4n) is 0.686. The monoisotopic (exact) mass is 158 g/mol. The van der Waals surface area contributed by atoms with Gasteiger partial charge in [0, 0.05) is 13.0 Å². The summed E-state index contributed by atoms with van der Waals surface area (Å²) in [5.74, 6) is 0.751. The molecule has 0 unspecified atom stereocenters. The smallest absolute Gasteiger partial charge is 0.226 e. The molecule has 1 rings (SSSR count). The largest absolute Gasteiger partial charge is 0.396 e. The summed E-state index contributed by atoms with van der Waals surface area (Å²) in [6.07, 6.45) is 1.16. The van der Waals surface area contributed by atoms with Gasteiger partial charge in [0.05, 0.1) is 0 Å². The van der Waals surface area contributed by atoms with Crippen LogP contribution in [0.3, 0.4) is 0 Å². The van der Waals surface area contributed by atoms with E-state index in [4.69, 9.17) is 14.7 Å². The highest BCUT2D eigenvalue weighted by Gasteiger charge is 2.03. The number of aliphatic hydroxyl groups is 2. The van der Waals surface area contributed by atoms with E-state index in [2.05, 4.69) is 10.1 Å². The molecule has 0 amide bonds. The Bertz CT molecular complexity index is 211. The second-order valence-electron chi connectivity index (χ2n) is 2.09. The van der Waals surface area contributed by atoms with E-state index in [1.165, 1.54) is 0 Å². The first-order chi connectivity index (χ1) is 5.36. The van der Waals surface area contributed by atoms with Crippen LogP contribution in [0, 0.1) is 0 Å². The highest BCUT2D eigenvalue weighted by molar-refractivity contribution is 4.83. The maximum absolute atomic E-state index is 8.54. The highest BCUT2D eigenvalue weighted by atomic mass is 16.5. The van der Waals surface area contributed by atoms with Gasteiger partial charge in [0.25, 0.3) is 0 Å². The molecule has 1 aromatic heterocycles. The van der Waals surface area contributed by atoms with Crippen molar-refractivity contribution < 1.29 is 14.7 Å². The standard InChI is InChI=1S/C6H10N2O3/c9-3-1-2-6-7-5(4-10)8-11-6/h9-10H,1-4H2. The van der Waals surface area contributed by atoms with Crippen molar-refractivity contribution in [3.63, 3.8) is 0 Å². The van der Waals surface area contributed by atoms with Crippen molar-refractivity contribution >= 4 is 0 Å². The van der Waals surface area contributed by atoms with Crippen LogP contribution in [-0.4, -0.2) is 27.0 Å². The van der Waals surface area contributed by atoms with Crippen molar-refractivity contribution in [1.29, 1.82) is 0 Å². The van der Waals surface area contributed by atoms with E-state index in [9.17, 15) is 0 Å². The van der Waals surface area contributed by atoms with E-state index in [1.54, 1.807) is 0 Å². The Morgan fingerprint density at radius 3 is 2.73 bits per heavy atom. The fraction of sp³-hybridized carbons (Fsp3) is 0.667. The summed E-state index contributed by atoms with van der Waals surface area (Å²) >= 11 is 0. The summed E-state index contributed by atoms with van der Waals surface area (Å²) in [5.41, 5.74) is 0. The third-order valence-electron chi connectivity index (χ3n) is 1.20. The Hall–Kier alpha value is -0.940. The van der Waals surface area contributed by atoms with E-state index in [0.717, 1.165) is 0 Å². The normalized spacial score (nSPS) is 10.4. The van der Waals surface area contributed by atoms with E-state index >= 15 is 0 Å². The third-order valence-corrected chi connectivity index (χ3v) is 1.20. The van der Waals surface area contributed by atoms with E-state index in [1.807, 2.05) is 0 Å². The van der Waals surface area contributed by atoms with Crippen LogP contribution >= 0.6 is 0 Å². The summed E-state index contributed by atoms with van der Waals surface area (Å²) < 4.78 is 4.73. The Morgan fingerprint density at radius 1 is 1.36 bits per heavy atom. The van der Waals surface area contributed by atoms with E-state index < -0.39 is 0 Å². The zero-order valence-corrected chi connectivity index (χ0v) is 6.03. The Morgan fingerprint density at radius 2 is 2.18 bits per heavy atom. The quantitative estimate of drug-likeness (QED) is 0.616. The van der Waals surface area contributed by atoms with Crippen molar-refractivity contribution in [2.75, 3.05) is 6.61 Å². The molecule has 0 saturated carbocycles. The molecule has 0 spiro atoms. The van der Waals surface area contributed by atoms with E-state index in [0.29, 0.717) is 18.7 Å². The first kappa shape index (κ1) is 8.16. The minimum atomic E-state index is -0.206. The van der Waals surface area contributed by atoms with Gasteiger partial charge in [-0.3, -0.25) is 0 Å². The lowest BCUT2D eigenvalue weighted by Gasteiger charge is -1.87. The fourth-order valence-corrected chi connectivity index (χ4v) is 0.686. The lowest BCUT2D eigenvalue weighted by atomic mass is 10.3. The number of aryl methyl sites for hydroxylation is 1. The number of aliphatic hydroxyl groups excluding tert-OH is 2. The second-order valence-corrected chi connectivity index (χ2v) is 2.09. The van der Waals surface area contributed by atoms with Gasteiger partial charge in [0.2, 0.25) is 5.89 Å². The molecule has 0 aliphatic heterocycles. The minimum absolute atomic E-state index is 0.108. The van der Waals surface area contributed by atoms with Gasteiger partial charge in [-0.2, -0.15) is 4.98 Å². The van der Waals surface area contributed by atoms with E-state index in [-0.39, 0.29) is 19.0 Å². The zero-order chi connectivity index (χ0) is 8.10. The maximum atomic E-state index is 8.54. The molecule has 62 valence electrons. The second kappa shape index (κ2) is 4.05. The minimum Gasteiger partial charge on any atom is -0.396 e. The number of aromatic nitrogens is 2. The third kappa shape index (κ3) is 2.28. The van der Waals surface area contributed by atoms with Crippen LogP contribution in [0.2, 0.25) is 0 Å². The van der Waals surface area contributed by atoms with Gasteiger partial charge in [0.15, 0.2) is 5.82 Å². The predicted octanol–water partition coefficient (Wildman–Crippen LogP) is -0.513. The van der Waals surface area contributed by atoms with Gasteiger partial charge < -0.3 is 14.7 Å².